The summed E-state index contributed by atoms with van der Waals surface area (Å²) in [5, 5.41) is 37.6. The second-order valence-corrected chi connectivity index (χ2v) is 15.3. The van der Waals surface area contributed by atoms with E-state index in [4.69, 9.17) is 18.9 Å². The zero-order valence-corrected chi connectivity index (χ0v) is 33.2. The van der Waals surface area contributed by atoms with Crippen LogP contribution in [0.1, 0.15) is 112 Å². The summed E-state index contributed by atoms with van der Waals surface area (Å²) >= 11 is 0. The predicted molar refractivity (Wildman–Crippen MR) is 207 cm³/mol. The molecule has 0 amide bonds. The minimum absolute atomic E-state index is 0.221. The van der Waals surface area contributed by atoms with Gasteiger partial charge in [-0.05, 0) is 26.7 Å². The molecule has 2 fully saturated rings. The molecule has 2 aliphatic rings. The van der Waals surface area contributed by atoms with E-state index >= 15 is 0 Å². The van der Waals surface area contributed by atoms with Gasteiger partial charge in [0.15, 0.2) is 0 Å². The highest BCUT2D eigenvalue weighted by molar-refractivity contribution is 5.03. The highest BCUT2D eigenvalue weighted by Gasteiger charge is 2.37. The first-order valence-electron chi connectivity index (χ1n) is 20.3. The molecular formula is C38H56N10O10. The molecule has 318 valence electrons. The van der Waals surface area contributed by atoms with Gasteiger partial charge >= 0.3 is 11.4 Å². The number of rotatable bonds is 23. The third-order valence-electron chi connectivity index (χ3n) is 10.6. The number of aromatic amines is 2. The number of hydrogen-bond acceptors (Lipinski definition) is 14. The smallest absolute Gasteiger partial charge is 0.330 e. The quantitative estimate of drug-likeness (QED) is 0.0776. The van der Waals surface area contributed by atoms with E-state index in [-0.39, 0.29) is 25.9 Å². The van der Waals surface area contributed by atoms with Gasteiger partial charge in [0.2, 0.25) is 0 Å². The van der Waals surface area contributed by atoms with Crippen LogP contribution in [0.25, 0.3) is 0 Å². The summed E-state index contributed by atoms with van der Waals surface area (Å²) in [7, 11) is 0. The summed E-state index contributed by atoms with van der Waals surface area (Å²) < 4.78 is 29.3. The van der Waals surface area contributed by atoms with Gasteiger partial charge in [0, 0.05) is 49.6 Å². The molecule has 6 atom stereocenters. The number of H-pyrrole nitrogens is 2. The van der Waals surface area contributed by atoms with Crippen molar-refractivity contribution in [2.45, 2.75) is 154 Å². The Hall–Kier alpha value is -4.60. The Morgan fingerprint density at radius 1 is 0.621 bits per heavy atom. The van der Waals surface area contributed by atoms with Crippen molar-refractivity contribution in [3.8, 4) is 0 Å². The van der Waals surface area contributed by atoms with Crippen molar-refractivity contribution in [2.75, 3.05) is 13.2 Å². The van der Waals surface area contributed by atoms with Crippen LogP contribution in [-0.2, 0) is 45.3 Å². The van der Waals surface area contributed by atoms with Gasteiger partial charge in [0.05, 0.1) is 50.9 Å². The fraction of sp³-hybridized carbons (Fsp3) is 0.684. The summed E-state index contributed by atoms with van der Waals surface area (Å²) in [6, 6.07) is 0. The monoisotopic (exact) mass is 812 g/mol. The summed E-state index contributed by atoms with van der Waals surface area (Å²) in [5.41, 5.74) is 0.124. The van der Waals surface area contributed by atoms with Gasteiger partial charge in [-0.2, -0.15) is 0 Å². The first kappa shape index (κ1) is 43.0. The van der Waals surface area contributed by atoms with Gasteiger partial charge in [0.25, 0.3) is 11.1 Å². The third kappa shape index (κ3) is 12.0. The molecule has 58 heavy (non-hydrogen) atoms. The molecule has 20 nitrogen and oxygen atoms in total. The van der Waals surface area contributed by atoms with E-state index in [0.29, 0.717) is 48.9 Å². The Morgan fingerprint density at radius 2 is 1.00 bits per heavy atom. The Bertz CT molecular complexity index is 1990. The van der Waals surface area contributed by atoms with Gasteiger partial charge in [-0.15, -0.1) is 10.2 Å². The van der Waals surface area contributed by atoms with Crippen molar-refractivity contribution in [1.29, 1.82) is 0 Å². The van der Waals surface area contributed by atoms with Crippen LogP contribution in [0.2, 0.25) is 0 Å². The van der Waals surface area contributed by atoms with E-state index in [0.717, 1.165) is 25.7 Å². The standard InChI is InChI=1S/C38H56N10O10/c1-25-17-47(37(53)39-35(25)51)33-15-29(49)31(57-33)21-45-19-27(41-43-45)23-55-13-11-9-7-5-3-4-6-8-10-12-14-56-24-28-20-46(44-42-28)22-32-30(50)16-34(58-32)48-18-26(2)36(52)40-38(48)54/h17-20,29-34,49-50H,3-16,21-24H2,1-2H3,(H,39,51,53)(H,40,52,54)/t29-,30?,31-,32-,33-,34-/m1/s1. The molecule has 0 aromatic carbocycles. The van der Waals surface area contributed by atoms with E-state index in [9.17, 15) is 29.4 Å². The average Bonchev–Trinajstić information content (AvgIpc) is 4.00. The molecule has 6 rings (SSSR count). The molecule has 0 spiro atoms. The first-order chi connectivity index (χ1) is 28.0. The largest absolute Gasteiger partial charge is 0.390 e. The average molecular weight is 813 g/mol. The summed E-state index contributed by atoms with van der Waals surface area (Å²) in [6.07, 6.45) is 14.2. The third-order valence-corrected chi connectivity index (χ3v) is 10.6. The summed E-state index contributed by atoms with van der Waals surface area (Å²) in [5.74, 6) is 0. The van der Waals surface area contributed by atoms with Gasteiger partial charge in [-0.1, -0.05) is 61.8 Å². The Kier molecular flexibility index (Phi) is 15.5. The van der Waals surface area contributed by atoms with Crippen LogP contribution < -0.4 is 22.5 Å². The lowest BCUT2D eigenvalue weighted by molar-refractivity contribution is -0.0302. The van der Waals surface area contributed by atoms with Crippen molar-refractivity contribution < 1.29 is 29.2 Å². The summed E-state index contributed by atoms with van der Waals surface area (Å²) in [4.78, 5) is 52.3. The fourth-order valence-corrected chi connectivity index (χ4v) is 7.23. The van der Waals surface area contributed by atoms with Gasteiger partial charge in [-0.3, -0.25) is 28.7 Å². The molecular weight excluding hydrogens is 756 g/mol. The number of ether oxygens (including phenoxy) is 4. The van der Waals surface area contributed by atoms with Crippen LogP contribution in [0.4, 0.5) is 0 Å². The van der Waals surface area contributed by atoms with Gasteiger partial charge < -0.3 is 29.2 Å². The molecule has 20 heteroatoms. The maximum atomic E-state index is 12.2. The zero-order chi connectivity index (χ0) is 41.0. The fourth-order valence-electron chi connectivity index (χ4n) is 7.23. The highest BCUT2D eigenvalue weighted by atomic mass is 16.5. The molecule has 2 aliphatic heterocycles. The minimum Gasteiger partial charge on any atom is -0.390 e. The number of aryl methyl sites for hydroxylation is 2. The van der Waals surface area contributed by atoms with Crippen LogP contribution in [-0.4, -0.2) is 96.9 Å². The second kappa shape index (κ2) is 20.9. The number of aliphatic hydroxyl groups excluding tert-OH is 2. The Morgan fingerprint density at radius 3 is 1.40 bits per heavy atom. The van der Waals surface area contributed by atoms with Crippen molar-refractivity contribution in [1.82, 2.24) is 49.1 Å². The first-order valence-corrected chi connectivity index (χ1v) is 20.3. The molecule has 4 N–H and O–H groups in total. The number of aromatic nitrogens is 10. The van der Waals surface area contributed by atoms with E-state index < -0.39 is 59.4 Å². The van der Waals surface area contributed by atoms with Crippen molar-refractivity contribution in [3.05, 3.63) is 89.0 Å². The van der Waals surface area contributed by atoms with Crippen molar-refractivity contribution >= 4 is 0 Å². The van der Waals surface area contributed by atoms with Crippen LogP contribution >= 0.6 is 0 Å². The summed E-state index contributed by atoms with van der Waals surface area (Å²) in [6.45, 7) is 5.76. The van der Waals surface area contributed by atoms with E-state index in [1.165, 1.54) is 60.1 Å². The maximum Gasteiger partial charge on any atom is 0.330 e. The topological polar surface area (TPSA) is 249 Å². The predicted octanol–water partition coefficient (Wildman–Crippen LogP) is 1.52. The normalized spacial score (nSPS) is 22.0. The van der Waals surface area contributed by atoms with E-state index in [2.05, 4.69) is 30.6 Å². The molecule has 2 saturated heterocycles. The minimum atomic E-state index is -0.800. The van der Waals surface area contributed by atoms with Crippen molar-refractivity contribution in [3.63, 3.8) is 0 Å². The van der Waals surface area contributed by atoms with Crippen LogP contribution in [0, 0.1) is 13.8 Å². The number of unbranched alkanes of at least 4 members (excludes halogenated alkanes) is 9. The SMILES string of the molecule is Cc1cn([C@H]2CC(O)[C@@H](Cn3cc(COCCCCCCCCCCCCOCc4cn(C[C@H]5O[C@@H](n6cc(C)c(=O)[nH]c6=O)C[C@H]5O)nn4)nn3)O2)c(=O)[nH]c1=O. The Balaban J connectivity index is 0.729. The number of nitrogens with one attached hydrogen (secondary N) is 2. The highest BCUT2D eigenvalue weighted by Crippen LogP contribution is 2.29. The van der Waals surface area contributed by atoms with Gasteiger partial charge in [-0.25, -0.2) is 19.0 Å². The molecule has 6 heterocycles. The lowest BCUT2D eigenvalue weighted by atomic mass is 10.1. The lowest BCUT2D eigenvalue weighted by Gasteiger charge is -2.16. The molecule has 0 radical (unpaired) electrons. The van der Waals surface area contributed by atoms with Crippen LogP contribution in [0.5, 0.6) is 0 Å². The number of hydrogen-bond donors (Lipinski definition) is 4. The zero-order valence-electron chi connectivity index (χ0n) is 33.2. The second-order valence-electron chi connectivity index (χ2n) is 15.3. The van der Waals surface area contributed by atoms with Gasteiger partial charge in [0.1, 0.15) is 36.1 Å². The molecule has 4 aromatic heterocycles. The van der Waals surface area contributed by atoms with E-state index in [1.807, 2.05) is 0 Å². The molecule has 0 aliphatic carbocycles. The maximum absolute atomic E-state index is 12.2. The van der Waals surface area contributed by atoms with Crippen molar-refractivity contribution in [2.24, 2.45) is 0 Å². The molecule has 1 unspecified atom stereocenters. The number of aliphatic hydroxyl groups is 2. The lowest BCUT2D eigenvalue weighted by Crippen LogP contribution is -2.33. The Labute approximate surface area is 334 Å². The van der Waals surface area contributed by atoms with Crippen LogP contribution in [0.3, 0.4) is 0 Å². The number of nitrogens with zero attached hydrogens (tertiary/aromatic N) is 8. The molecule has 4 aromatic rings. The van der Waals surface area contributed by atoms with Crippen LogP contribution in [0.15, 0.2) is 44.0 Å². The van der Waals surface area contributed by atoms with E-state index in [1.54, 1.807) is 35.6 Å². The molecule has 0 bridgehead atoms. The molecule has 0 saturated carbocycles.